The second kappa shape index (κ2) is 5.84. The maximum absolute atomic E-state index is 12.3. The van der Waals surface area contributed by atoms with E-state index >= 15 is 0 Å². The Morgan fingerprint density at radius 2 is 1.86 bits per heavy atom. The highest BCUT2D eigenvalue weighted by molar-refractivity contribution is 7.80. The Bertz CT molecular complexity index is 818. The zero-order valence-corrected chi connectivity index (χ0v) is 12.8. The summed E-state index contributed by atoms with van der Waals surface area (Å²) in [6.45, 7) is 1.98. The van der Waals surface area contributed by atoms with Gasteiger partial charge >= 0.3 is 0 Å². The number of halogens is 1. The second-order valence-corrected chi connectivity index (χ2v) is 6.09. The highest BCUT2D eigenvalue weighted by atomic mass is 35.5. The van der Waals surface area contributed by atoms with Crippen molar-refractivity contribution in [3.63, 3.8) is 0 Å². The molecule has 106 valence electrons. The molecule has 0 fully saturated rings. The fraction of sp³-hybridized carbons (Fsp3) is 0.0625. The Kier molecular flexibility index (Phi) is 3.90. The van der Waals surface area contributed by atoms with Crippen LogP contribution in [0.4, 0.5) is 0 Å². The molecule has 0 aliphatic heterocycles. The van der Waals surface area contributed by atoms with Crippen LogP contribution in [0.2, 0.25) is 5.02 Å². The molecular weight excluding hydrogens is 306 g/mol. The number of aryl methyl sites for hydroxylation is 1. The Hall–Kier alpha value is -1.91. The van der Waals surface area contributed by atoms with E-state index in [2.05, 4.69) is 4.98 Å². The SMILES string of the molecule is Cc1ccc(S(=O)Oc2ccnc3c(Cl)cccc23)cc1. The second-order valence-electron chi connectivity index (χ2n) is 4.58. The van der Waals surface area contributed by atoms with E-state index in [0.717, 1.165) is 10.9 Å². The number of fused-ring (bicyclic) bond motifs is 1. The lowest BCUT2D eigenvalue weighted by Crippen LogP contribution is -2.01. The van der Waals surface area contributed by atoms with E-state index < -0.39 is 11.1 Å². The van der Waals surface area contributed by atoms with Crippen molar-refractivity contribution in [2.24, 2.45) is 0 Å². The molecule has 21 heavy (non-hydrogen) atoms. The minimum atomic E-state index is -1.58. The summed E-state index contributed by atoms with van der Waals surface area (Å²) in [6, 6.07) is 14.5. The fourth-order valence-corrected chi connectivity index (χ4v) is 2.95. The van der Waals surface area contributed by atoms with Gasteiger partial charge in [0.25, 0.3) is 0 Å². The van der Waals surface area contributed by atoms with Crippen LogP contribution in [0.15, 0.2) is 59.6 Å². The maximum atomic E-state index is 12.3. The van der Waals surface area contributed by atoms with Crippen molar-refractivity contribution in [3.05, 3.63) is 65.3 Å². The van der Waals surface area contributed by atoms with Crippen molar-refractivity contribution in [1.82, 2.24) is 4.98 Å². The third-order valence-corrected chi connectivity index (χ3v) is 4.35. The molecule has 2 aromatic carbocycles. The van der Waals surface area contributed by atoms with E-state index in [0.29, 0.717) is 21.2 Å². The van der Waals surface area contributed by atoms with Gasteiger partial charge in [-0.2, -0.15) is 0 Å². The lowest BCUT2D eigenvalue weighted by atomic mass is 10.2. The predicted molar refractivity (Wildman–Crippen MR) is 85.0 cm³/mol. The summed E-state index contributed by atoms with van der Waals surface area (Å²) in [5.41, 5.74) is 1.74. The molecule has 0 amide bonds. The zero-order valence-electron chi connectivity index (χ0n) is 11.2. The molecule has 0 saturated carbocycles. The molecule has 0 bridgehead atoms. The highest BCUT2D eigenvalue weighted by Crippen LogP contribution is 2.29. The van der Waals surface area contributed by atoms with E-state index in [-0.39, 0.29) is 0 Å². The number of aromatic nitrogens is 1. The molecule has 0 radical (unpaired) electrons. The molecule has 5 heteroatoms. The number of hydrogen-bond donors (Lipinski definition) is 0. The van der Waals surface area contributed by atoms with Gasteiger partial charge in [0.1, 0.15) is 0 Å². The molecule has 0 N–H and O–H groups in total. The molecule has 1 heterocycles. The van der Waals surface area contributed by atoms with Crippen LogP contribution in [-0.4, -0.2) is 9.19 Å². The van der Waals surface area contributed by atoms with Crippen molar-refractivity contribution in [3.8, 4) is 5.75 Å². The van der Waals surface area contributed by atoms with Gasteiger partial charge < -0.3 is 4.18 Å². The molecule has 3 rings (SSSR count). The lowest BCUT2D eigenvalue weighted by molar-refractivity contribution is 0.566. The number of hydrogen-bond acceptors (Lipinski definition) is 3. The van der Waals surface area contributed by atoms with Crippen LogP contribution in [0, 0.1) is 6.92 Å². The monoisotopic (exact) mass is 317 g/mol. The van der Waals surface area contributed by atoms with Crippen LogP contribution >= 0.6 is 11.6 Å². The van der Waals surface area contributed by atoms with Gasteiger partial charge in [-0.05, 0) is 31.2 Å². The average molecular weight is 318 g/mol. The molecule has 0 aliphatic carbocycles. The molecule has 1 aromatic heterocycles. The summed E-state index contributed by atoms with van der Waals surface area (Å²) in [5, 5.41) is 1.28. The minimum absolute atomic E-state index is 0.501. The normalized spacial score (nSPS) is 12.3. The molecular formula is C16H12ClNO2S. The van der Waals surface area contributed by atoms with Crippen molar-refractivity contribution in [1.29, 1.82) is 0 Å². The van der Waals surface area contributed by atoms with Crippen LogP contribution < -0.4 is 4.18 Å². The summed E-state index contributed by atoms with van der Waals surface area (Å²) >= 11 is 4.53. The van der Waals surface area contributed by atoms with Crippen LogP contribution in [0.25, 0.3) is 10.9 Å². The molecule has 1 unspecified atom stereocenters. The first-order valence-corrected chi connectivity index (χ1v) is 7.80. The molecule has 1 atom stereocenters. The number of benzene rings is 2. The number of pyridine rings is 1. The Balaban J connectivity index is 1.96. The predicted octanol–water partition coefficient (Wildman–Crippen LogP) is 4.30. The lowest BCUT2D eigenvalue weighted by Gasteiger charge is -2.08. The van der Waals surface area contributed by atoms with Crippen LogP contribution in [0.1, 0.15) is 5.56 Å². The van der Waals surface area contributed by atoms with Gasteiger partial charge in [-0.25, -0.2) is 4.21 Å². The van der Waals surface area contributed by atoms with Crippen molar-refractivity contribution >= 4 is 33.6 Å². The van der Waals surface area contributed by atoms with Gasteiger partial charge in [0, 0.05) is 17.6 Å². The van der Waals surface area contributed by atoms with Crippen LogP contribution in [0.5, 0.6) is 5.75 Å². The van der Waals surface area contributed by atoms with Crippen molar-refractivity contribution < 1.29 is 8.39 Å². The quantitative estimate of drug-likeness (QED) is 0.723. The smallest absolute Gasteiger partial charge is 0.240 e. The highest BCUT2D eigenvalue weighted by Gasteiger charge is 2.11. The van der Waals surface area contributed by atoms with E-state index in [4.69, 9.17) is 15.8 Å². The number of nitrogens with zero attached hydrogens (tertiary/aromatic N) is 1. The summed E-state index contributed by atoms with van der Waals surface area (Å²) in [4.78, 5) is 4.84. The van der Waals surface area contributed by atoms with Crippen LogP contribution in [-0.2, 0) is 11.1 Å². The largest absolute Gasteiger partial charge is 0.396 e. The summed E-state index contributed by atoms with van der Waals surface area (Å²) in [5.74, 6) is 0.501. The van der Waals surface area contributed by atoms with E-state index in [9.17, 15) is 4.21 Å². The Labute approximate surface area is 130 Å². The van der Waals surface area contributed by atoms with Gasteiger partial charge in [0.2, 0.25) is 11.1 Å². The molecule has 0 aliphatic rings. The maximum Gasteiger partial charge on any atom is 0.240 e. The fourth-order valence-electron chi connectivity index (χ4n) is 1.97. The average Bonchev–Trinajstić information content (AvgIpc) is 2.49. The Morgan fingerprint density at radius 3 is 2.62 bits per heavy atom. The molecule has 3 aromatic rings. The van der Waals surface area contributed by atoms with Crippen molar-refractivity contribution in [2.45, 2.75) is 11.8 Å². The standard InChI is InChI=1S/C16H12ClNO2S/c1-11-5-7-12(8-6-11)21(19)20-15-9-10-18-16-13(15)3-2-4-14(16)17/h2-10H,1H3. The third-order valence-electron chi connectivity index (χ3n) is 3.06. The molecule has 0 saturated heterocycles. The summed E-state index contributed by atoms with van der Waals surface area (Å²) in [7, 11) is 0. The van der Waals surface area contributed by atoms with Crippen molar-refractivity contribution in [2.75, 3.05) is 0 Å². The number of rotatable bonds is 3. The Morgan fingerprint density at radius 1 is 1.10 bits per heavy atom. The topological polar surface area (TPSA) is 39.2 Å². The summed E-state index contributed by atoms with van der Waals surface area (Å²) < 4.78 is 17.9. The first kappa shape index (κ1) is 14.0. The molecule has 3 nitrogen and oxygen atoms in total. The first-order valence-electron chi connectivity index (χ1n) is 6.35. The summed E-state index contributed by atoms with van der Waals surface area (Å²) in [6.07, 6.45) is 1.59. The third kappa shape index (κ3) is 2.91. The van der Waals surface area contributed by atoms with Gasteiger partial charge in [-0.3, -0.25) is 4.98 Å². The minimum Gasteiger partial charge on any atom is -0.396 e. The van der Waals surface area contributed by atoms with Gasteiger partial charge in [0.05, 0.1) is 15.4 Å². The molecule has 0 spiro atoms. The van der Waals surface area contributed by atoms with E-state index in [1.807, 2.05) is 31.2 Å². The van der Waals surface area contributed by atoms with Gasteiger partial charge in [0.15, 0.2) is 5.75 Å². The van der Waals surface area contributed by atoms with E-state index in [1.54, 1.807) is 30.5 Å². The van der Waals surface area contributed by atoms with Gasteiger partial charge in [-0.15, -0.1) is 0 Å². The zero-order chi connectivity index (χ0) is 14.8. The van der Waals surface area contributed by atoms with Crippen LogP contribution in [0.3, 0.4) is 0 Å². The van der Waals surface area contributed by atoms with E-state index in [1.165, 1.54) is 0 Å². The number of para-hydroxylation sites is 1. The van der Waals surface area contributed by atoms with Gasteiger partial charge in [-0.1, -0.05) is 35.4 Å². The first-order chi connectivity index (χ1) is 10.1.